The quantitative estimate of drug-likeness (QED) is 0.839. The number of carbonyl (C=O) groups excluding carboxylic acids is 1. The van der Waals surface area contributed by atoms with Crippen LogP contribution in [0.5, 0.6) is 5.75 Å². The molecule has 1 N–H and O–H groups in total. The SMILES string of the molecule is CCC[C@H](C)NC(=O)c1ccc(OC(C)C)cc1. The average molecular weight is 249 g/mol. The number of ether oxygens (including phenoxy) is 1. The second-order valence-corrected chi connectivity index (χ2v) is 4.85. The van der Waals surface area contributed by atoms with Crippen LogP contribution in [-0.2, 0) is 0 Å². The number of hydrogen-bond donors (Lipinski definition) is 1. The third-order valence-corrected chi connectivity index (χ3v) is 2.59. The first-order valence-electron chi connectivity index (χ1n) is 6.60. The first kappa shape index (κ1) is 14.6. The maximum atomic E-state index is 11.9. The molecule has 0 saturated heterocycles. The highest BCUT2D eigenvalue weighted by molar-refractivity contribution is 5.94. The van der Waals surface area contributed by atoms with Crippen LogP contribution < -0.4 is 10.1 Å². The Kier molecular flexibility index (Phi) is 5.69. The largest absolute Gasteiger partial charge is 0.491 e. The number of hydrogen-bond acceptors (Lipinski definition) is 2. The molecule has 0 aliphatic carbocycles. The highest BCUT2D eigenvalue weighted by atomic mass is 16.5. The molecule has 0 aliphatic heterocycles. The third kappa shape index (κ3) is 4.78. The lowest BCUT2D eigenvalue weighted by Crippen LogP contribution is -2.32. The summed E-state index contributed by atoms with van der Waals surface area (Å²) in [5.41, 5.74) is 0.675. The Hall–Kier alpha value is -1.51. The molecular weight excluding hydrogens is 226 g/mol. The van der Waals surface area contributed by atoms with Gasteiger partial charge in [0, 0.05) is 11.6 Å². The van der Waals surface area contributed by atoms with E-state index in [-0.39, 0.29) is 18.1 Å². The van der Waals surface area contributed by atoms with Crippen LogP contribution in [0.25, 0.3) is 0 Å². The van der Waals surface area contributed by atoms with Crippen LogP contribution >= 0.6 is 0 Å². The molecule has 1 rings (SSSR count). The molecule has 0 heterocycles. The molecule has 0 bridgehead atoms. The highest BCUT2D eigenvalue weighted by Gasteiger charge is 2.09. The van der Waals surface area contributed by atoms with E-state index in [1.165, 1.54) is 0 Å². The molecule has 1 atom stereocenters. The molecule has 0 aromatic heterocycles. The number of rotatable bonds is 6. The Morgan fingerprint density at radius 3 is 2.33 bits per heavy atom. The number of amides is 1. The molecule has 3 nitrogen and oxygen atoms in total. The van der Waals surface area contributed by atoms with E-state index in [4.69, 9.17) is 4.74 Å². The van der Waals surface area contributed by atoms with Gasteiger partial charge >= 0.3 is 0 Å². The highest BCUT2D eigenvalue weighted by Crippen LogP contribution is 2.14. The summed E-state index contributed by atoms with van der Waals surface area (Å²) in [6, 6.07) is 7.48. The van der Waals surface area contributed by atoms with Gasteiger partial charge < -0.3 is 10.1 Å². The fourth-order valence-electron chi connectivity index (χ4n) is 1.77. The zero-order chi connectivity index (χ0) is 13.5. The molecule has 1 aromatic carbocycles. The minimum atomic E-state index is -0.0213. The van der Waals surface area contributed by atoms with Gasteiger partial charge in [0.05, 0.1) is 6.10 Å². The number of carbonyl (C=O) groups is 1. The van der Waals surface area contributed by atoms with Crippen LogP contribution in [0.2, 0.25) is 0 Å². The van der Waals surface area contributed by atoms with E-state index in [1.807, 2.05) is 32.9 Å². The van der Waals surface area contributed by atoms with Gasteiger partial charge in [-0.25, -0.2) is 0 Å². The van der Waals surface area contributed by atoms with E-state index in [1.54, 1.807) is 12.1 Å². The summed E-state index contributed by atoms with van der Waals surface area (Å²) in [4.78, 5) is 11.9. The van der Waals surface area contributed by atoms with Gasteiger partial charge in [0.25, 0.3) is 5.91 Å². The normalized spacial score (nSPS) is 12.3. The van der Waals surface area contributed by atoms with Crippen molar-refractivity contribution in [3.63, 3.8) is 0 Å². The fourth-order valence-corrected chi connectivity index (χ4v) is 1.77. The second kappa shape index (κ2) is 7.04. The van der Waals surface area contributed by atoms with Crippen molar-refractivity contribution in [1.82, 2.24) is 5.32 Å². The molecule has 0 spiro atoms. The Balaban J connectivity index is 2.59. The van der Waals surface area contributed by atoms with E-state index < -0.39 is 0 Å². The molecule has 0 aliphatic rings. The van der Waals surface area contributed by atoms with Gasteiger partial charge in [-0.3, -0.25) is 4.79 Å². The number of nitrogens with one attached hydrogen (secondary N) is 1. The van der Waals surface area contributed by atoms with Gasteiger partial charge in [0.2, 0.25) is 0 Å². The van der Waals surface area contributed by atoms with Gasteiger partial charge in [0.15, 0.2) is 0 Å². The number of benzene rings is 1. The minimum Gasteiger partial charge on any atom is -0.491 e. The monoisotopic (exact) mass is 249 g/mol. The van der Waals surface area contributed by atoms with Gasteiger partial charge in [0.1, 0.15) is 5.75 Å². The summed E-state index contributed by atoms with van der Waals surface area (Å²) in [5, 5.41) is 2.98. The molecular formula is C15H23NO2. The molecule has 0 fully saturated rings. The maximum absolute atomic E-state index is 11.9. The lowest BCUT2D eigenvalue weighted by atomic mass is 10.1. The van der Waals surface area contributed by atoms with Crippen molar-refractivity contribution in [3.8, 4) is 5.75 Å². The second-order valence-electron chi connectivity index (χ2n) is 4.85. The van der Waals surface area contributed by atoms with Crippen molar-refractivity contribution >= 4 is 5.91 Å². The van der Waals surface area contributed by atoms with E-state index in [0.29, 0.717) is 5.56 Å². The van der Waals surface area contributed by atoms with Gasteiger partial charge in [-0.05, 0) is 51.5 Å². The summed E-state index contributed by atoms with van der Waals surface area (Å²) in [6.45, 7) is 8.10. The van der Waals surface area contributed by atoms with Crippen LogP contribution in [0.1, 0.15) is 50.9 Å². The summed E-state index contributed by atoms with van der Waals surface area (Å²) in [5.74, 6) is 0.773. The van der Waals surface area contributed by atoms with E-state index in [0.717, 1.165) is 18.6 Å². The maximum Gasteiger partial charge on any atom is 0.251 e. The van der Waals surface area contributed by atoms with Crippen molar-refractivity contribution in [2.75, 3.05) is 0 Å². The third-order valence-electron chi connectivity index (χ3n) is 2.59. The summed E-state index contributed by atoms with van der Waals surface area (Å²) >= 11 is 0. The zero-order valence-electron chi connectivity index (χ0n) is 11.7. The summed E-state index contributed by atoms with van der Waals surface area (Å²) in [7, 11) is 0. The smallest absolute Gasteiger partial charge is 0.251 e. The van der Waals surface area contributed by atoms with Crippen LogP contribution in [0.4, 0.5) is 0 Å². The van der Waals surface area contributed by atoms with Crippen LogP contribution in [0.15, 0.2) is 24.3 Å². The van der Waals surface area contributed by atoms with E-state index in [2.05, 4.69) is 12.2 Å². The van der Waals surface area contributed by atoms with Gasteiger partial charge in [-0.15, -0.1) is 0 Å². The molecule has 0 unspecified atom stereocenters. The molecule has 1 aromatic rings. The van der Waals surface area contributed by atoms with E-state index >= 15 is 0 Å². The Bertz CT molecular complexity index is 371. The van der Waals surface area contributed by atoms with Crippen molar-refractivity contribution in [1.29, 1.82) is 0 Å². The van der Waals surface area contributed by atoms with Crippen molar-refractivity contribution in [2.45, 2.75) is 52.7 Å². The molecule has 0 saturated carbocycles. The van der Waals surface area contributed by atoms with Crippen LogP contribution in [-0.4, -0.2) is 18.1 Å². The molecule has 3 heteroatoms. The predicted octanol–water partition coefficient (Wildman–Crippen LogP) is 3.39. The lowest BCUT2D eigenvalue weighted by molar-refractivity contribution is 0.0938. The first-order valence-corrected chi connectivity index (χ1v) is 6.60. The zero-order valence-corrected chi connectivity index (χ0v) is 11.7. The van der Waals surface area contributed by atoms with Crippen molar-refractivity contribution in [2.24, 2.45) is 0 Å². The molecule has 1 amide bonds. The Morgan fingerprint density at radius 1 is 1.22 bits per heavy atom. The molecule has 18 heavy (non-hydrogen) atoms. The first-order chi connectivity index (χ1) is 8.52. The topological polar surface area (TPSA) is 38.3 Å². The Labute approximate surface area is 110 Å². The van der Waals surface area contributed by atoms with Crippen LogP contribution in [0, 0.1) is 0 Å². The Morgan fingerprint density at radius 2 is 1.83 bits per heavy atom. The summed E-state index contributed by atoms with van der Waals surface area (Å²) in [6.07, 6.45) is 2.22. The standard InChI is InChI=1S/C15H23NO2/c1-5-6-12(4)16-15(17)13-7-9-14(10-8-13)18-11(2)3/h7-12H,5-6H2,1-4H3,(H,16,17)/t12-/m0/s1. The lowest BCUT2D eigenvalue weighted by Gasteiger charge is -2.13. The minimum absolute atomic E-state index is 0.0213. The average Bonchev–Trinajstić information content (AvgIpc) is 2.29. The van der Waals surface area contributed by atoms with E-state index in [9.17, 15) is 4.79 Å². The molecule has 100 valence electrons. The molecule has 0 radical (unpaired) electrons. The van der Waals surface area contributed by atoms with Crippen molar-refractivity contribution in [3.05, 3.63) is 29.8 Å². The van der Waals surface area contributed by atoms with Crippen LogP contribution in [0.3, 0.4) is 0 Å². The fraction of sp³-hybridized carbons (Fsp3) is 0.533. The predicted molar refractivity (Wildman–Crippen MR) is 74.0 cm³/mol. The summed E-state index contributed by atoms with van der Waals surface area (Å²) < 4.78 is 5.54. The van der Waals surface area contributed by atoms with Gasteiger partial charge in [-0.1, -0.05) is 13.3 Å². The van der Waals surface area contributed by atoms with Gasteiger partial charge in [-0.2, -0.15) is 0 Å². The van der Waals surface area contributed by atoms with Crippen molar-refractivity contribution < 1.29 is 9.53 Å².